The highest BCUT2D eigenvalue weighted by molar-refractivity contribution is 5.90. The van der Waals surface area contributed by atoms with Crippen LogP contribution in [0.5, 0.6) is 0 Å². The van der Waals surface area contributed by atoms with E-state index < -0.39 is 0 Å². The maximum atomic E-state index is 12.1. The second-order valence-corrected chi connectivity index (χ2v) is 9.71. The summed E-state index contributed by atoms with van der Waals surface area (Å²) in [6, 6.07) is 8.24. The van der Waals surface area contributed by atoms with Crippen molar-refractivity contribution in [2.75, 3.05) is 5.32 Å². The monoisotopic (exact) mass is 413 g/mol. The first-order chi connectivity index (χ1) is 14.4. The molecule has 1 rings (SSSR count). The van der Waals surface area contributed by atoms with Gasteiger partial charge in [-0.1, -0.05) is 103 Å². The fourth-order valence-corrected chi connectivity index (χ4v) is 3.63. The van der Waals surface area contributed by atoms with Crippen LogP contribution in [-0.2, 0) is 10.2 Å². The zero-order chi connectivity index (χ0) is 22.1. The molecule has 0 saturated heterocycles. The van der Waals surface area contributed by atoms with Crippen molar-refractivity contribution in [3.63, 3.8) is 0 Å². The van der Waals surface area contributed by atoms with Gasteiger partial charge in [0.2, 0.25) is 5.91 Å². The molecular formula is C28H47NO. The Morgan fingerprint density at radius 1 is 0.767 bits per heavy atom. The average molecular weight is 414 g/mol. The second-order valence-electron chi connectivity index (χ2n) is 9.71. The third kappa shape index (κ3) is 13.6. The van der Waals surface area contributed by atoms with E-state index in [-0.39, 0.29) is 11.3 Å². The minimum atomic E-state index is 0.135. The highest BCUT2D eigenvalue weighted by atomic mass is 16.1. The Balaban J connectivity index is 1.96. The standard InChI is InChI=1S/C28H47NO/c1-5-6-7-8-9-10-11-12-13-14-15-16-17-18-19-20-27(30)29-26-23-21-25(22-24-26)28(2,3)4/h12-13,21-24H,5-11,14-20H2,1-4H3,(H,29,30)/b13-12-. The van der Waals surface area contributed by atoms with Crippen LogP contribution in [0.4, 0.5) is 5.69 Å². The van der Waals surface area contributed by atoms with E-state index in [0.717, 1.165) is 18.5 Å². The Hall–Kier alpha value is -1.57. The molecule has 170 valence electrons. The van der Waals surface area contributed by atoms with Gasteiger partial charge in [0.25, 0.3) is 0 Å². The molecule has 1 N–H and O–H groups in total. The quantitative estimate of drug-likeness (QED) is 0.213. The van der Waals surface area contributed by atoms with E-state index in [9.17, 15) is 4.79 Å². The predicted octanol–water partition coefficient (Wildman–Crippen LogP) is 8.96. The van der Waals surface area contributed by atoms with Crippen molar-refractivity contribution < 1.29 is 4.79 Å². The molecule has 0 unspecified atom stereocenters. The Kier molecular flexibility index (Phi) is 14.3. The van der Waals surface area contributed by atoms with E-state index in [1.165, 1.54) is 76.2 Å². The van der Waals surface area contributed by atoms with Gasteiger partial charge in [-0.05, 0) is 55.2 Å². The largest absolute Gasteiger partial charge is 0.326 e. The normalized spacial score (nSPS) is 11.9. The number of carbonyl (C=O) groups excluding carboxylic acids is 1. The Morgan fingerprint density at radius 3 is 1.80 bits per heavy atom. The molecular weight excluding hydrogens is 366 g/mol. The number of amides is 1. The van der Waals surface area contributed by atoms with Crippen LogP contribution >= 0.6 is 0 Å². The summed E-state index contributed by atoms with van der Waals surface area (Å²) >= 11 is 0. The Labute approximate surface area is 186 Å². The fraction of sp³-hybridized carbons (Fsp3) is 0.679. The molecule has 0 bridgehead atoms. The van der Waals surface area contributed by atoms with Gasteiger partial charge in [0, 0.05) is 12.1 Å². The smallest absolute Gasteiger partial charge is 0.224 e. The van der Waals surface area contributed by atoms with E-state index in [1.807, 2.05) is 12.1 Å². The molecule has 0 aliphatic heterocycles. The van der Waals surface area contributed by atoms with Crippen molar-refractivity contribution in [1.29, 1.82) is 0 Å². The highest BCUT2D eigenvalue weighted by Gasteiger charge is 2.13. The maximum absolute atomic E-state index is 12.1. The van der Waals surface area contributed by atoms with Crippen molar-refractivity contribution in [2.45, 2.75) is 123 Å². The lowest BCUT2D eigenvalue weighted by molar-refractivity contribution is -0.116. The highest BCUT2D eigenvalue weighted by Crippen LogP contribution is 2.23. The summed E-state index contributed by atoms with van der Waals surface area (Å²) in [5.41, 5.74) is 2.34. The van der Waals surface area contributed by atoms with Gasteiger partial charge in [-0.3, -0.25) is 4.79 Å². The van der Waals surface area contributed by atoms with Crippen molar-refractivity contribution in [2.24, 2.45) is 0 Å². The van der Waals surface area contributed by atoms with Crippen LogP contribution in [-0.4, -0.2) is 5.91 Å². The van der Waals surface area contributed by atoms with Crippen LogP contribution in [0, 0.1) is 0 Å². The average Bonchev–Trinajstić information content (AvgIpc) is 2.70. The molecule has 0 spiro atoms. The molecule has 0 aliphatic rings. The van der Waals surface area contributed by atoms with E-state index in [0.29, 0.717) is 6.42 Å². The summed E-state index contributed by atoms with van der Waals surface area (Å²) in [5, 5.41) is 3.02. The summed E-state index contributed by atoms with van der Waals surface area (Å²) < 4.78 is 0. The molecule has 30 heavy (non-hydrogen) atoms. The zero-order valence-corrected chi connectivity index (χ0v) is 20.3. The maximum Gasteiger partial charge on any atom is 0.224 e. The molecule has 1 aromatic rings. The van der Waals surface area contributed by atoms with Crippen LogP contribution in [0.25, 0.3) is 0 Å². The van der Waals surface area contributed by atoms with Gasteiger partial charge < -0.3 is 5.32 Å². The number of hydrogen-bond donors (Lipinski definition) is 1. The number of anilines is 1. The van der Waals surface area contributed by atoms with Crippen LogP contribution in [0.3, 0.4) is 0 Å². The number of rotatable bonds is 16. The van der Waals surface area contributed by atoms with E-state index in [4.69, 9.17) is 0 Å². The van der Waals surface area contributed by atoms with E-state index >= 15 is 0 Å². The van der Waals surface area contributed by atoms with Gasteiger partial charge in [0.1, 0.15) is 0 Å². The summed E-state index contributed by atoms with van der Waals surface area (Å²) in [7, 11) is 0. The minimum absolute atomic E-state index is 0.135. The molecule has 1 amide bonds. The van der Waals surface area contributed by atoms with E-state index in [1.54, 1.807) is 0 Å². The van der Waals surface area contributed by atoms with E-state index in [2.05, 4.69) is 57.3 Å². The fourth-order valence-electron chi connectivity index (χ4n) is 3.63. The van der Waals surface area contributed by atoms with Crippen LogP contribution in [0.1, 0.15) is 123 Å². The van der Waals surface area contributed by atoms with Gasteiger partial charge in [-0.25, -0.2) is 0 Å². The lowest BCUT2D eigenvalue weighted by Crippen LogP contribution is -2.13. The first kappa shape index (κ1) is 26.5. The van der Waals surface area contributed by atoms with Crippen molar-refractivity contribution >= 4 is 11.6 Å². The molecule has 2 nitrogen and oxygen atoms in total. The number of nitrogens with one attached hydrogen (secondary N) is 1. The van der Waals surface area contributed by atoms with Gasteiger partial charge in [0.15, 0.2) is 0 Å². The summed E-state index contributed by atoms with van der Waals surface area (Å²) in [6.45, 7) is 8.88. The number of allylic oxidation sites excluding steroid dienone is 2. The molecule has 0 heterocycles. The molecule has 0 fully saturated rings. The molecule has 2 heteroatoms. The van der Waals surface area contributed by atoms with Crippen molar-refractivity contribution in [3.05, 3.63) is 42.0 Å². The number of hydrogen-bond acceptors (Lipinski definition) is 1. The summed E-state index contributed by atoms with van der Waals surface area (Å²) in [5.74, 6) is 0.135. The van der Waals surface area contributed by atoms with Gasteiger partial charge in [-0.15, -0.1) is 0 Å². The molecule has 0 aromatic heterocycles. The molecule has 0 aliphatic carbocycles. The second kappa shape index (κ2) is 16.2. The lowest BCUT2D eigenvalue weighted by Gasteiger charge is -2.19. The lowest BCUT2D eigenvalue weighted by atomic mass is 9.87. The molecule has 0 saturated carbocycles. The first-order valence-electron chi connectivity index (χ1n) is 12.5. The molecule has 0 atom stereocenters. The third-order valence-corrected chi connectivity index (χ3v) is 5.70. The zero-order valence-electron chi connectivity index (χ0n) is 20.3. The Bertz CT molecular complexity index is 580. The van der Waals surface area contributed by atoms with Crippen LogP contribution < -0.4 is 5.32 Å². The summed E-state index contributed by atoms with van der Waals surface area (Å²) in [4.78, 5) is 12.1. The number of benzene rings is 1. The predicted molar refractivity (Wildman–Crippen MR) is 133 cm³/mol. The third-order valence-electron chi connectivity index (χ3n) is 5.70. The van der Waals surface area contributed by atoms with Crippen molar-refractivity contribution in [1.82, 2.24) is 0 Å². The molecule has 0 radical (unpaired) electrons. The summed E-state index contributed by atoms with van der Waals surface area (Å²) in [6.07, 6.45) is 22.0. The SMILES string of the molecule is CCCCCCCC/C=C\CCCCCCCC(=O)Nc1ccc(C(C)(C)C)cc1. The Morgan fingerprint density at radius 2 is 1.27 bits per heavy atom. The van der Waals surface area contributed by atoms with Crippen molar-refractivity contribution in [3.8, 4) is 0 Å². The van der Waals surface area contributed by atoms with Crippen LogP contribution in [0.15, 0.2) is 36.4 Å². The minimum Gasteiger partial charge on any atom is -0.326 e. The number of unbranched alkanes of at least 4 members (excludes halogenated alkanes) is 11. The number of carbonyl (C=O) groups is 1. The molecule has 1 aromatic carbocycles. The van der Waals surface area contributed by atoms with Gasteiger partial charge in [0.05, 0.1) is 0 Å². The topological polar surface area (TPSA) is 29.1 Å². The van der Waals surface area contributed by atoms with Gasteiger partial charge >= 0.3 is 0 Å². The van der Waals surface area contributed by atoms with Gasteiger partial charge in [-0.2, -0.15) is 0 Å². The van der Waals surface area contributed by atoms with Crippen LogP contribution in [0.2, 0.25) is 0 Å². The first-order valence-corrected chi connectivity index (χ1v) is 12.5.